The molecule has 0 bridgehead atoms. The minimum Gasteiger partial charge on any atom is -0.346 e. The Labute approximate surface area is 226 Å². The van der Waals surface area contributed by atoms with Crippen molar-refractivity contribution in [1.29, 1.82) is 0 Å². The Bertz CT molecular complexity index is 1320. The van der Waals surface area contributed by atoms with Crippen LogP contribution in [0.4, 0.5) is 13.2 Å². The van der Waals surface area contributed by atoms with Gasteiger partial charge in [-0.25, -0.2) is 8.42 Å². The molecule has 12 heteroatoms. The highest BCUT2D eigenvalue weighted by Crippen LogP contribution is 2.43. The number of rotatable bonds is 8. The molecule has 0 saturated heterocycles. The quantitative estimate of drug-likeness (QED) is 0.495. The van der Waals surface area contributed by atoms with Crippen LogP contribution in [0.15, 0.2) is 35.5 Å². The molecule has 1 aliphatic carbocycles. The molecule has 2 amide bonds. The van der Waals surface area contributed by atoms with Crippen molar-refractivity contribution in [3.05, 3.63) is 53.1 Å². The summed E-state index contributed by atoms with van der Waals surface area (Å²) in [5.74, 6) is -2.03. The minimum atomic E-state index is -4.18. The van der Waals surface area contributed by atoms with Gasteiger partial charge < -0.3 is 10.2 Å². The molecule has 1 atom stereocenters. The van der Waals surface area contributed by atoms with Crippen LogP contribution < -0.4 is 5.32 Å². The summed E-state index contributed by atoms with van der Waals surface area (Å²) in [5, 5.41) is 2.71. The lowest BCUT2D eigenvalue weighted by molar-refractivity contribution is -0.184. The number of fused-ring (bicyclic) bond motifs is 1. The van der Waals surface area contributed by atoms with E-state index in [0.717, 1.165) is 0 Å². The number of hydrogen-bond acceptors (Lipinski definition) is 6. The maximum absolute atomic E-state index is 13.4. The first kappa shape index (κ1) is 29.0. The number of sulfone groups is 1. The van der Waals surface area contributed by atoms with Crippen LogP contribution in [-0.2, 0) is 16.4 Å². The van der Waals surface area contributed by atoms with Crippen LogP contribution in [0.2, 0.25) is 0 Å². The summed E-state index contributed by atoms with van der Waals surface area (Å²) in [6, 6.07) is 4.17. The van der Waals surface area contributed by atoms with Crippen LogP contribution in [0, 0.1) is 17.8 Å². The summed E-state index contributed by atoms with van der Waals surface area (Å²) >= 11 is 0. The number of carbonyl (C=O) groups excluding carboxylic acids is 2. The monoisotopic (exact) mass is 566 g/mol. The van der Waals surface area contributed by atoms with Crippen molar-refractivity contribution < 1.29 is 31.2 Å². The SMILES string of the molecule is CCS(=O)(=O)c1ccc(CNC(=O)c2cnc3c(c2)C(=O)N(CC2CCC(C(F)(F)F)CC2)C3C(C)C)nc1. The summed E-state index contributed by atoms with van der Waals surface area (Å²) in [6.07, 6.45) is -0.536. The van der Waals surface area contributed by atoms with E-state index in [0.29, 0.717) is 36.3 Å². The molecule has 1 fully saturated rings. The maximum atomic E-state index is 13.4. The number of nitrogens with one attached hydrogen (secondary N) is 1. The summed E-state index contributed by atoms with van der Waals surface area (Å²) in [5.41, 5.74) is 1.57. The molecule has 1 N–H and O–H groups in total. The van der Waals surface area contributed by atoms with Crippen LogP contribution >= 0.6 is 0 Å². The molecule has 3 heterocycles. The van der Waals surface area contributed by atoms with Gasteiger partial charge in [0.15, 0.2) is 9.84 Å². The van der Waals surface area contributed by atoms with E-state index in [4.69, 9.17) is 0 Å². The van der Waals surface area contributed by atoms with Gasteiger partial charge in [-0.2, -0.15) is 13.2 Å². The first-order valence-corrected chi connectivity index (χ1v) is 14.8. The second kappa shape index (κ2) is 11.2. The summed E-state index contributed by atoms with van der Waals surface area (Å²) < 4.78 is 63.1. The molecule has 4 rings (SSSR count). The van der Waals surface area contributed by atoms with Crippen LogP contribution in [0.5, 0.6) is 0 Å². The third-order valence-electron chi connectivity index (χ3n) is 7.65. The third kappa shape index (κ3) is 6.26. The molecule has 1 saturated carbocycles. The Morgan fingerprint density at radius 3 is 2.38 bits per heavy atom. The van der Waals surface area contributed by atoms with E-state index in [9.17, 15) is 31.2 Å². The van der Waals surface area contributed by atoms with Gasteiger partial charge in [-0.3, -0.25) is 19.6 Å². The van der Waals surface area contributed by atoms with Gasteiger partial charge in [-0.1, -0.05) is 20.8 Å². The fourth-order valence-corrected chi connectivity index (χ4v) is 6.22. The molecule has 0 radical (unpaired) electrons. The van der Waals surface area contributed by atoms with E-state index in [-0.39, 0.29) is 59.4 Å². The average molecular weight is 567 g/mol. The highest BCUT2D eigenvalue weighted by Gasteiger charge is 2.44. The minimum absolute atomic E-state index is 0.0166. The molecular weight excluding hydrogens is 533 g/mol. The van der Waals surface area contributed by atoms with Crippen LogP contribution in [0.25, 0.3) is 0 Å². The van der Waals surface area contributed by atoms with Gasteiger partial charge in [-0.05, 0) is 55.7 Å². The molecule has 0 aromatic carbocycles. The van der Waals surface area contributed by atoms with E-state index in [1.807, 2.05) is 13.8 Å². The summed E-state index contributed by atoms with van der Waals surface area (Å²) in [6.45, 7) is 5.89. The Kier molecular flexibility index (Phi) is 8.34. The number of alkyl halides is 3. The molecule has 8 nitrogen and oxygen atoms in total. The van der Waals surface area contributed by atoms with Gasteiger partial charge in [0, 0.05) is 18.9 Å². The van der Waals surface area contributed by atoms with Crippen molar-refractivity contribution in [2.45, 2.75) is 70.1 Å². The number of aromatic nitrogens is 2. The second-order valence-electron chi connectivity index (χ2n) is 10.6. The van der Waals surface area contributed by atoms with Crippen molar-refractivity contribution in [2.24, 2.45) is 17.8 Å². The lowest BCUT2D eigenvalue weighted by Gasteiger charge is -2.35. The average Bonchev–Trinajstić information content (AvgIpc) is 3.18. The van der Waals surface area contributed by atoms with Crippen molar-refractivity contribution in [3.8, 4) is 0 Å². The van der Waals surface area contributed by atoms with Gasteiger partial charge >= 0.3 is 6.18 Å². The van der Waals surface area contributed by atoms with Crippen molar-refractivity contribution in [3.63, 3.8) is 0 Å². The number of carbonyl (C=O) groups is 2. The fourth-order valence-electron chi connectivity index (χ4n) is 5.40. The zero-order valence-electron chi connectivity index (χ0n) is 22.2. The van der Waals surface area contributed by atoms with Gasteiger partial charge in [0.1, 0.15) is 0 Å². The number of amides is 2. The maximum Gasteiger partial charge on any atom is 0.391 e. The highest BCUT2D eigenvalue weighted by atomic mass is 32.2. The molecule has 212 valence electrons. The van der Waals surface area contributed by atoms with Crippen LogP contribution in [0.3, 0.4) is 0 Å². The summed E-state index contributed by atoms with van der Waals surface area (Å²) in [7, 11) is -3.37. The topological polar surface area (TPSA) is 109 Å². The van der Waals surface area contributed by atoms with Crippen molar-refractivity contribution in [2.75, 3.05) is 12.3 Å². The molecule has 1 aliphatic heterocycles. The van der Waals surface area contributed by atoms with E-state index in [1.54, 1.807) is 11.8 Å². The molecule has 1 unspecified atom stereocenters. The lowest BCUT2D eigenvalue weighted by Crippen LogP contribution is -2.37. The number of halogens is 3. The van der Waals surface area contributed by atoms with Gasteiger partial charge in [0.05, 0.1) is 51.7 Å². The van der Waals surface area contributed by atoms with Crippen LogP contribution in [0.1, 0.15) is 84.6 Å². The Morgan fingerprint density at radius 1 is 1.13 bits per heavy atom. The smallest absolute Gasteiger partial charge is 0.346 e. The zero-order valence-corrected chi connectivity index (χ0v) is 23.0. The second-order valence-corrected chi connectivity index (χ2v) is 12.9. The van der Waals surface area contributed by atoms with E-state index in [1.165, 1.54) is 30.6 Å². The Morgan fingerprint density at radius 2 is 1.82 bits per heavy atom. The lowest BCUT2D eigenvalue weighted by atomic mass is 9.81. The normalized spacial score (nSPS) is 21.8. The predicted octanol–water partition coefficient (Wildman–Crippen LogP) is 4.72. The number of pyridine rings is 2. The largest absolute Gasteiger partial charge is 0.391 e. The van der Waals surface area contributed by atoms with Gasteiger partial charge in [-0.15, -0.1) is 0 Å². The number of hydrogen-bond donors (Lipinski definition) is 1. The third-order valence-corrected chi connectivity index (χ3v) is 9.37. The van der Waals surface area contributed by atoms with Gasteiger partial charge in [0.2, 0.25) is 0 Å². The Balaban J connectivity index is 1.43. The highest BCUT2D eigenvalue weighted by molar-refractivity contribution is 7.91. The first-order chi connectivity index (χ1) is 18.3. The van der Waals surface area contributed by atoms with E-state index >= 15 is 0 Å². The van der Waals surface area contributed by atoms with Gasteiger partial charge in [0.25, 0.3) is 11.8 Å². The predicted molar refractivity (Wildman–Crippen MR) is 137 cm³/mol. The fraction of sp³-hybridized carbons (Fsp3) is 0.556. The molecule has 2 aliphatic rings. The number of nitrogens with zero attached hydrogens (tertiary/aromatic N) is 3. The standard InChI is InChI=1S/C27H33F3N4O4S/c1-4-39(37,38)21-10-9-20(31-14-21)13-33-25(35)18-11-22-23(32-12-18)24(16(2)3)34(26(22)36)15-17-5-7-19(8-6-17)27(28,29)30/h9-12,14,16-17,19,24H,4-8,13,15H2,1-3H3,(H,33,35). The van der Waals surface area contributed by atoms with E-state index in [2.05, 4.69) is 15.3 Å². The summed E-state index contributed by atoms with van der Waals surface area (Å²) in [4.78, 5) is 36.6. The molecule has 0 spiro atoms. The first-order valence-electron chi connectivity index (χ1n) is 13.1. The zero-order chi connectivity index (χ0) is 28.5. The molecular formula is C27H33F3N4O4S. The molecule has 2 aromatic rings. The molecule has 2 aromatic heterocycles. The van der Waals surface area contributed by atoms with Crippen molar-refractivity contribution >= 4 is 21.7 Å². The Hall–Kier alpha value is -3.02. The van der Waals surface area contributed by atoms with E-state index < -0.39 is 27.8 Å². The van der Waals surface area contributed by atoms with Crippen molar-refractivity contribution in [1.82, 2.24) is 20.2 Å². The molecule has 39 heavy (non-hydrogen) atoms. The van der Waals surface area contributed by atoms with Crippen LogP contribution in [-0.4, -0.2) is 53.6 Å².